The van der Waals surface area contributed by atoms with Crippen molar-refractivity contribution in [2.75, 3.05) is 0 Å². The minimum absolute atomic E-state index is 0.0562. The zero-order chi connectivity index (χ0) is 36.9. The van der Waals surface area contributed by atoms with Crippen LogP contribution in [0.3, 0.4) is 0 Å². The molecular formula is C40H72N2O6. The molecule has 278 valence electrons. The summed E-state index contributed by atoms with van der Waals surface area (Å²) in [5, 5.41) is 57.2. The average molecular weight is 677 g/mol. The van der Waals surface area contributed by atoms with Gasteiger partial charge in [-0.3, -0.25) is 4.79 Å². The van der Waals surface area contributed by atoms with Crippen molar-refractivity contribution < 1.29 is 30.3 Å². The van der Waals surface area contributed by atoms with Gasteiger partial charge in [0.05, 0.1) is 12.2 Å². The number of aliphatic hydroxyl groups is 2. The van der Waals surface area contributed by atoms with E-state index in [0.717, 1.165) is 67.3 Å². The molecule has 1 aliphatic rings. The Morgan fingerprint density at radius 3 is 2.33 bits per heavy atom. The van der Waals surface area contributed by atoms with Crippen molar-refractivity contribution in [2.45, 2.75) is 176 Å². The molecule has 0 radical (unpaired) electrons. The smallest absolute Gasteiger partial charge is 0.290 e. The topological polar surface area (TPSA) is 142 Å². The first kappa shape index (κ1) is 45.5. The van der Waals surface area contributed by atoms with Crippen LogP contribution in [0.2, 0.25) is 0 Å². The SMILES string of the molecule is C=C(C)CC[C@H](O)/C(=C\CC)N[C@@H](CCCCCC)[C@@H]1CCC(C)(C)[C@@H](C[C@H](O)C(C)CCc2cc(O)cc(O)c2C)N1.CC.O=CO. The van der Waals surface area contributed by atoms with Gasteiger partial charge in [0.1, 0.15) is 11.5 Å². The second-order valence-corrected chi connectivity index (χ2v) is 14.2. The third-order valence-corrected chi connectivity index (χ3v) is 9.77. The zero-order valence-electron chi connectivity index (χ0n) is 31.8. The number of hydrogen-bond donors (Lipinski definition) is 7. The molecule has 1 aromatic rings. The van der Waals surface area contributed by atoms with Crippen LogP contribution in [0.5, 0.6) is 11.5 Å². The van der Waals surface area contributed by atoms with Crippen molar-refractivity contribution >= 4 is 6.47 Å². The number of phenolic OH excluding ortho intramolecular Hbond substituents is 2. The monoisotopic (exact) mass is 677 g/mol. The van der Waals surface area contributed by atoms with E-state index < -0.39 is 12.2 Å². The number of aryl methyl sites for hydroxylation is 1. The number of allylic oxidation sites excluding steroid dienone is 2. The van der Waals surface area contributed by atoms with E-state index in [0.29, 0.717) is 19.3 Å². The number of phenols is 2. The molecular weight excluding hydrogens is 604 g/mol. The molecule has 48 heavy (non-hydrogen) atoms. The van der Waals surface area contributed by atoms with Crippen molar-refractivity contribution in [3.8, 4) is 11.5 Å². The lowest BCUT2D eigenvalue weighted by molar-refractivity contribution is -0.122. The fourth-order valence-electron chi connectivity index (χ4n) is 6.45. The van der Waals surface area contributed by atoms with Gasteiger partial charge in [0, 0.05) is 29.9 Å². The fourth-order valence-corrected chi connectivity index (χ4v) is 6.45. The summed E-state index contributed by atoms with van der Waals surface area (Å²) in [6.07, 6.45) is 13.7. The maximum atomic E-state index is 11.4. The number of piperidine rings is 1. The summed E-state index contributed by atoms with van der Waals surface area (Å²) in [5.41, 5.74) is 3.80. The number of unbranched alkanes of at least 4 members (excludes halogenated alkanes) is 3. The van der Waals surface area contributed by atoms with E-state index in [1.165, 1.54) is 25.3 Å². The molecule has 0 spiro atoms. The third kappa shape index (κ3) is 16.7. The Bertz CT molecular complexity index is 1070. The maximum absolute atomic E-state index is 11.4. The van der Waals surface area contributed by atoms with E-state index in [-0.39, 0.29) is 47.4 Å². The number of nitrogens with one attached hydrogen (secondary N) is 2. The molecule has 8 heteroatoms. The molecule has 7 N–H and O–H groups in total. The second-order valence-electron chi connectivity index (χ2n) is 14.2. The molecule has 1 unspecified atom stereocenters. The fraction of sp³-hybridized carbons (Fsp3) is 0.725. The molecule has 0 bridgehead atoms. The van der Waals surface area contributed by atoms with Crippen LogP contribution >= 0.6 is 0 Å². The highest BCUT2D eigenvalue weighted by molar-refractivity contribution is 5.44. The van der Waals surface area contributed by atoms with Crippen LogP contribution in [0.25, 0.3) is 0 Å². The molecule has 1 fully saturated rings. The molecule has 0 amide bonds. The third-order valence-electron chi connectivity index (χ3n) is 9.77. The predicted octanol–water partition coefficient (Wildman–Crippen LogP) is 8.54. The van der Waals surface area contributed by atoms with Crippen molar-refractivity contribution in [2.24, 2.45) is 11.3 Å². The van der Waals surface area contributed by atoms with Gasteiger partial charge in [-0.1, -0.05) is 85.8 Å². The molecule has 1 saturated heterocycles. The zero-order valence-corrected chi connectivity index (χ0v) is 31.8. The Hall–Kier alpha value is -2.55. The molecule has 1 heterocycles. The largest absolute Gasteiger partial charge is 0.508 e. The normalized spacial score (nSPS) is 19.8. The van der Waals surface area contributed by atoms with Crippen LogP contribution in [0.1, 0.15) is 144 Å². The Balaban J connectivity index is 0.00000417. The van der Waals surface area contributed by atoms with E-state index in [1.807, 2.05) is 27.7 Å². The number of aliphatic hydroxyl groups excluding tert-OH is 2. The Kier molecular flexibility index (Phi) is 23.3. The summed E-state index contributed by atoms with van der Waals surface area (Å²) in [6.45, 7) is 22.7. The number of carbonyl (C=O) groups is 1. The minimum atomic E-state index is -0.523. The van der Waals surface area contributed by atoms with Gasteiger partial charge in [-0.15, -0.1) is 6.58 Å². The highest BCUT2D eigenvalue weighted by atomic mass is 16.3. The summed E-state index contributed by atoms with van der Waals surface area (Å²) in [6, 6.07) is 3.73. The molecule has 0 aliphatic carbocycles. The van der Waals surface area contributed by atoms with Crippen LogP contribution in [-0.4, -0.2) is 62.3 Å². The number of benzene rings is 1. The molecule has 6 atom stereocenters. The van der Waals surface area contributed by atoms with E-state index in [1.54, 1.807) is 6.07 Å². The number of hydrogen-bond acceptors (Lipinski definition) is 7. The Morgan fingerprint density at radius 1 is 1.10 bits per heavy atom. The first-order valence-electron chi connectivity index (χ1n) is 18.5. The molecule has 2 rings (SSSR count). The lowest BCUT2D eigenvalue weighted by Gasteiger charge is -2.47. The van der Waals surface area contributed by atoms with Gasteiger partial charge in [-0.05, 0) is 100 Å². The molecule has 8 nitrogen and oxygen atoms in total. The van der Waals surface area contributed by atoms with Gasteiger partial charge in [0.15, 0.2) is 0 Å². The highest BCUT2D eigenvalue weighted by Crippen LogP contribution is 2.37. The summed E-state index contributed by atoms with van der Waals surface area (Å²) in [5.74, 6) is 0.261. The number of carboxylic acid groups (broad SMARTS) is 1. The molecule has 1 aromatic carbocycles. The second kappa shape index (κ2) is 24.6. The Labute approximate surface area is 293 Å². The van der Waals surface area contributed by atoms with E-state index >= 15 is 0 Å². The first-order valence-corrected chi connectivity index (χ1v) is 18.5. The van der Waals surface area contributed by atoms with E-state index in [4.69, 9.17) is 9.90 Å². The molecule has 0 saturated carbocycles. The summed E-state index contributed by atoms with van der Waals surface area (Å²) in [7, 11) is 0. The molecule has 1 aliphatic heterocycles. The number of aromatic hydroxyl groups is 2. The van der Waals surface area contributed by atoms with Gasteiger partial charge < -0.3 is 36.2 Å². The van der Waals surface area contributed by atoms with E-state index in [2.05, 4.69) is 57.9 Å². The Morgan fingerprint density at radius 2 is 1.75 bits per heavy atom. The standard InChI is InChI=1S/C37H64N2O4.C2H6.CH2O2/c1-9-11-12-13-15-30(38-32(14-10-2)33(41)19-16-25(3)4)31-20-21-37(7,8)36(39-31)24-34(42)26(5)17-18-28-22-29(40)23-35(43)27(28)6;1-2;2-1-3/h14,22-23,26,30-31,33-34,36,38-43H,3,9-13,15-21,24H2,1-2,4-8H3;1-2H3;1H,(H,2,3)/b32-14+;;/t26?,30-,31-,33-,34-,36+;;/m0../s1. The van der Waals surface area contributed by atoms with Crippen molar-refractivity contribution in [3.63, 3.8) is 0 Å². The van der Waals surface area contributed by atoms with Crippen LogP contribution in [0.4, 0.5) is 0 Å². The van der Waals surface area contributed by atoms with Crippen LogP contribution in [-0.2, 0) is 11.2 Å². The highest BCUT2D eigenvalue weighted by Gasteiger charge is 2.40. The summed E-state index contributed by atoms with van der Waals surface area (Å²) in [4.78, 5) is 8.36. The minimum Gasteiger partial charge on any atom is -0.508 e. The average Bonchev–Trinajstić information content (AvgIpc) is 3.04. The van der Waals surface area contributed by atoms with Gasteiger partial charge in [0.25, 0.3) is 6.47 Å². The van der Waals surface area contributed by atoms with Crippen LogP contribution in [0.15, 0.2) is 36.1 Å². The van der Waals surface area contributed by atoms with Gasteiger partial charge in [-0.2, -0.15) is 0 Å². The molecule has 0 aromatic heterocycles. The predicted molar refractivity (Wildman–Crippen MR) is 200 cm³/mol. The number of rotatable bonds is 19. The first-order chi connectivity index (χ1) is 22.7. The van der Waals surface area contributed by atoms with E-state index in [9.17, 15) is 20.4 Å². The quantitative estimate of drug-likeness (QED) is 0.0439. The summed E-state index contributed by atoms with van der Waals surface area (Å²) >= 11 is 0. The van der Waals surface area contributed by atoms with Crippen LogP contribution < -0.4 is 10.6 Å². The van der Waals surface area contributed by atoms with Gasteiger partial charge in [0.2, 0.25) is 0 Å². The van der Waals surface area contributed by atoms with Crippen molar-refractivity contribution in [3.05, 3.63) is 47.2 Å². The lowest BCUT2D eigenvalue weighted by atomic mass is 9.71. The van der Waals surface area contributed by atoms with Crippen LogP contribution in [0, 0.1) is 18.3 Å². The van der Waals surface area contributed by atoms with Gasteiger partial charge >= 0.3 is 0 Å². The van der Waals surface area contributed by atoms with Crippen molar-refractivity contribution in [1.29, 1.82) is 0 Å². The van der Waals surface area contributed by atoms with Crippen molar-refractivity contribution in [1.82, 2.24) is 10.6 Å². The maximum Gasteiger partial charge on any atom is 0.290 e. The summed E-state index contributed by atoms with van der Waals surface area (Å²) < 4.78 is 0. The van der Waals surface area contributed by atoms with Gasteiger partial charge in [-0.25, -0.2) is 0 Å². The lowest BCUT2D eigenvalue weighted by Crippen LogP contribution is -2.59.